The molecule has 0 atom stereocenters. The fourth-order valence-electron chi connectivity index (χ4n) is 1.55. The molecule has 15 heavy (non-hydrogen) atoms. The van der Waals surface area contributed by atoms with Gasteiger partial charge in [-0.2, -0.15) is 0 Å². The van der Waals surface area contributed by atoms with E-state index in [9.17, 15) is 9.90 Å². The van der Waals surface area contributed by atoms with Gasteiger partial charge < -0.3 is 0 Å². The molecule has 0 heterocycles. The van der Waals surface area contributed by atoms with Crippen LogP contribution in [-0.2, 0) is 9.90 Å². The van der Waals surface area contributed by atoms with Crippen molar-refractivity contribution < 1.29 is 9.90 Å². The third-order valence-electron chi connectivity index (χ3n) is 2.22. The second kappa shape index (κ2) is 3.96. The number of benzene rings is 2. The Morgan fingerprint density at radius 1 is 1.00 bits per heavy atom. The van der Waals surface area contributed by atoms with E-state index in [4.69, 9.17) is 0 Å². The molecule has 73 valence electrons. The quantitative estimate of drug-likeness (QED) is 0.682. The van der Waals surface area contributed by atoms with Crippen molar-refractivity contribution in [3.05, 3.63) is 54.1 Å². The van der Waals surface area contributed by atoms with Crippen molar-refractivity contribution in [2.24, 2.45) is 0 Å². The number of hydrogen-bond donors (Lipinski definition) is 0. The molecule has 0 saturated heterocycles. The lowest BCUT2D eigenvalue weighted by Crippen LogP contribution is -1.84. The minimum Gasteiger partial charge on any atom is -0.242 e. The number of carbonyl (C=O) groups excluding carboxylic acids is 1. The van der Waals surface area contributed by atoms with Crippen molar-refractivity contribution in [3.8, 4) is 0 Å². The van der Waals surface area contributed by atoms with E-state index < -0.39 is 5.97 Å². The molecular formula is C13H9O2. The highest BCUT2D eigenvalue weighted by atomic mass is 16.4. The summed E-state index contributed by atoms with van der Waals surface area (Å²) in [4.78, 5) is 10.3. The molecule has 0 bridgehead atoms. The number of hydrogen-bond acceptors (Lipinski definition) is 1. The van der Waals surface area contributed by atoms with Crippen LogP contribution in [0, 0.1) is 0 Å². The molecule has 2 aromatic carbocycles. The van der Waals surface area contributed by atoms with Crippen LogP contribution in [0.15, 0.2) is 48.5 Å². The fraction of sp³-hybridized carbons (Fsp3) is 0. The van der Waals surface area contributed by atoms with Crippen molar-refractivity contribution in [3.63, 3.8) is 0 Å². The Hall–Kier alpha value is -2.09. The molecule has 0 amide bonds. The average Bonchev–Trinajstić information content (AvgIpc) is 2.26. The molecular weight excluding hydrogens is 188 g/mol. The monoisotopic (exact) mass is 197 g/mol. The van der Waals surface area contributed by atoms with E-state index in [2.05, 4.69) is 0 Å². The summed E-state index contributed by atoms with van der Waals surface area (Å²) in [6, 6.07) is 13.6. The van der Waals surface area contributed by atoms with Crippen LogP contribution in [0.2, 0.25) is 0 Å². The van der Waals surface area contributed by atoms with E-state index in [0.717, 1.165) is 22.4 Å². The summed E-state index contributed by atoms with van der Waals surface area (Å²) in [5, 5.41) is 12.4. The molecule has 2 nitrogen and oxygen atoms in total. The van der Waals surface area contributed by atoms with E-state index in [1.807, 2.05) is 42.5 Å². The molecule has 0 aliphatic rings. The molecule has 2 aromatic rings. The minimum atomic E-state index is -1.18. The van der Waals surface area contributed by atoms with Gasteiger partial charge >= 0.3 is 5.97 Å². The van der Waals surface area contributed by atoms with Crippen LogP contribution in [0.1, 0.15) is 5.56 Å². The van der Waals surface area contributed by atoms with Gasteiger partial charge in [0.15, 0.2) is 0 Å². The zero-order valence-electron chi connectivity index (χ0n) is 8.01. The zero-order chi connectivity index (χ0) is 10.7. The van der Waals surface area contributed by atoms with Crippen LogP contribution in [0.25, 0.3) is 16.8 Å². The highest BCUT2D eigenvalue weighted by Crippen LogP contribution is 2.19. The van der Waals surface area contributed by atoms with Crippen LogP contribution < -0.4 is 0 Å². The molecule has 0 spiro atoms. The Morgan fingerprint density at radius 3 is 2.53 bits per heavy atom. The molecule has 0 aromatic heterocycles. The lowest BCUT2D eigenvalue weighted by molar-refractivity contribution is -0.137. The standard InChI is InChI=1S/C13H9O2/c14-13(15)9-8-11-6-3-5-10-4-1-2-7-12(10)11/h1-9H. The Labute approximate surface area is 87.5 Å². The van der Waals surface area contributed by atoms with E-state index >= 15 is 0 Å². The van der Waals surface area contributed by atoms with Gasteiger partial charge in [-0.25, -0.2) is 9.90 Å². The maximum absolute atomic E-state index is 10.3. The lowest BCUT2D eigenvalue weighted by Gasteiger charge is -2.00. The smallest absolute Gasteiger partial charge is 0.242 e. The van der Waals surface area contributed by atoms with Crippen LogP contribution >= 0.6 is 0 Å². The van der Waals surface area contributed by atoms with Crippen LogP contribution in [0.3, 0.4) is 0 Å². The van der Waals surface area contributed by atoms with E-state index in [1.165, 1.54) is 0 Å². The number of rotatable bonds is 2. The van der Waals surface area contributed by atoms with Gasteiger partial charge in [0.1, 0.15) is 0 Å². The summed E-state index contributed by atoms with van der Waals surface area (Å²) < 4.78 is 0. The Morgan fingerprint density at radius 2 is 1.73 bits per heavy atom. The van der Waals surface area contributed by atoms with Gasteiger partial charge in [0.05, 0.1) is 0 Å². The third-order valence-corrected chi connectivity index (χ3v) is 2.22. The van der Waals surface area contributed by atoms with Crippen LogP contribution in [-0.4, -0.2) is 5.97 Å². The summed E-state index contributed by atoms with van der Waals surface area (Å²) in [5.41, 5.74) is 0.886. The lowest BCUT2D eigenvalue weighted by atomic mass is 10.0. The largest absolute Gasteiger partial charge is 0.379 e. The van der Waals surface area contributed by atoms with Gasteiger partial charge in [-0.05, 0) is 22.4 Å². The first-order valence-corrected chi connectivity index (χ1v) is 4.64. The molecule has 1 radical (unpaired) electrons. The van der Waals surface area contributed by atoms with Gasteiger partial charge in [-0.1, -0.05) is 42.5 Å². The zero-order valence-corrected chi connectivity index (χ0v) is 8.01. The summed E-state index contributed by atoms with van der Waals surface area (Å²) in [7, 11) is 0. The van der Waals surface area contributed by atoms with Gasteiger partial charge in [-0.15, -0.1) is 0 Å². The van der Waals surface area contributed by atoms with Crippen molar-refractivity contribution in [2.45, 2.75) is 0 Å². The second-order valence-corrected chi connectivity index (χ2v) is 3.22. The van der Waals surface area contributed by atoms with Gasteiger partial charge in [-0.3, -0.25) is 0 Å². The summed E-state index contributed by atoms with van der Waals surface area (Å²) in [6.07, 6.45) is 2.60. The molecule has 2 rings (SSSR count). The first kappa shape index (κ1) is 9.46. The molecule has 0 fully saturated rings. The number of carbonyl (C=O) groups is 1. The maximum Gasteiger partial charge on any atom is 0.379 e. The highest BCUT2D eigenvalue weighted by molar-refractivity contribution is 5.94. The first-order chi connectivity index (χ1) is 7.27. The fourth-order valence-corrected chi connectivity index (χ4v) is 1.55. The second-order valence-electron chi connectivity index (χ2n) is 3.22. The molecule has 0 aliphatic carbocycles. The SMILES string of the molecule is [O]C(=O)C=Cc1cccc2ccccc12. The Bertz CT molecular complexity index is 522. The van der Waals surface area contributed by atoms with Crippen molar-refractivity contribution >= 4 is 22.8 Å². The highest BCUT2D eigenvalue weighted by Gasteiger charge is 1.97. The topological polar surface area (TPSA) is 37.0 Å². The number of fused-ring (bicyclic) bond motifs is 1. The van der Waals surface area contributed by atoms with E-state index in [-0.39, 0.29) is 0 Å². The van der Waals surface area contributed by atoms with Crippen molar-refractivity contribution in [1.82, 2.24) is 0 Å². The molecule has 2 heteroatoms. The Kier molecular flexibility index (Phi) is 2.50. The summed E-state index contributed by atoms with van der Waals surface area (Å²) >= 11 is 0. The molecule has 0 N–H and O–H groups in total. The normalized spacial score (nSPS) is 10.9. The van der Waals surface area contributed by atoms with Gasteiger partial charge in [0, 0.05) is 6.08 Å². The molecule has 0 unspecified atom stereocenters. The van der Waals surface area contributed by atoms with Crippen LogP contribution in [0.4, 0.5) is 0 Å². The van der Waals surface area contributed by atoms with E-state index in [0.29, 0.717) is 0 Å². The molecule has 0 aliphatic heterocycles. The van der Waals surface area contributed by atoms with Crippen molar-refractivity contribution in [1.29, 1.82) is 0 Å². The van der Waals surface area contributed by atoms with Crippen LogP contribution in [0.5, 0.6) is 0 Å². The predicted octanol–water partition coefficient (Wildman–Crippen LogP) is 2.81. The summed E-state index contributed by atoms with van der Waals surface area (Å²) in [6.45, 7) is 0. The molecule has 0 saturated carbocycles. The van der Waals surface area contributed by atoms with Crippen molar-refractivity contribution in [2.75, 3.05) is 0 Å². The third kappa shape index (κ3) is 2.05. The average molecular weight is 197 g/mol. The maximum atomic E-state index is 10.3. The summed E-state index contributed by atoms with van der Waals surface area (Å²) in [5.74, 6) is -1.18. The Balaban J connectivity index is 2.56. The first-order valence-electron chi connectivity index (χ1n) is 4.64. The minimum absolute atomic E-state index is 0.886. The predicted molar refractivity (Wildman–Crippen MR) is 58.7 cm³/mol. The van der Waals surface area contributed by atoms with Gasteiger partial charge in [0.2, 0.25) is 0 Å². The van der Waals surface area contributed by atoms with Gasteiger partial charge in [0.25, 0.3) is 0 Å². The van der Waals surface area contributed by atoms with E-state index in [1.54, 1.807) is 6.08 Å².